The van der Waals surface area contributed by atoms with Gasteiger partial charge in [-0.3, -0.25) is 0 Å². The number of benzene rings is 1. The molecular weight excluding hydrogens is 250 g/mol. The van der Waals surface area contributed by atoms with Gasteiger partial charge in [0.05, 0.1) is 18.6 Å². The highest BCUT2D eigenvalue weighted by Gasteiger charge is 2.03. The van der Waals surface area contributed by atoms with Crippen LogP contribution in [0.1, 0.15) is 16.8 Å². The van der Waals surface area contributed by atoms with Crippen molar-refractivity contribution >= 4 is 0 Å². The third-order valence-electron chi connectivity index (χ3n) is 3.47. The number of ether oxygens (including phenoxy) is 1. The second kappa shape index (κ2) is 7.82. The predicted molar refractivity (Wildman–Crippen MR) is 80.7 cm³/mol. The molecule has 0 spiro atoms. The number of aryl methyl sites for hydroxylation is 3. The van der Waals surface area contributed by atoms with Crippen molar-refractivity contribution in [3.8, 4) is 0 Å². The number of hydrogen-bond acceptors (Lipinski definition) is 3. The van der Waals surface area contributed by atoms with Crippen molar-refractivity contribution in [1.82, 2.24) is 14.9 Å². The molecule has 0 saturated heterocycles. The summed E-state index contributed by atoms with van der Waals surface area (Å²) in [5.74, 6) is 0. The first-order valence-corrected chi connectivity index (χ1v) is 7.04. The summed E-state index contributed by atoms with van der Waals surface area (Å²) in [5, 5.41) is 3.35. The molecular formula is C16H23N3O. The molecule has 1 aromatic carbocycles. The van der Waals surface area contributed by atoms with Crippen LogP contribution in [0.4, 0.5) is 0 Å². The average Bonchev–Trinajstić information content (AvgIpc) is 2.90. The molecule has 108 valence electrons. The van der Waals surface area contributed by atoms with Crippen LogP contribution >= 0.6 is 0 Å². The quantitative estimate of drug-likeness (QED) is 0.749. The normalized spacial score (nSPS) is 10.9. The van der Waals surface area contributed by atoms with E-state index in [9.17, 15) is 0 Å². The first kappa shape index (κ1) is 14.8. The molecule has 0 amide bonds. The lowest BCUT2D eigenvalue weighted by molar-refractivity contribution is 0.199. The summed E-state index contributed by atoms with van der Waals surface area (Å²) in [6, 6.07) is 8.55. The van der Waals surface area contributed by atoms with E-state index in [-0.39, 0.29) is 0 Å². The van der Waals surface area contributed by atoms with Gasteiger partial charge in [0.15, 0.2) is 0 Å². The monoisotopic (exact) mass is 273 g/mol. The Morgan fingerprint density at radius 1 is 1.30 bits per heavy atom. The largest absolute Gasteiger partial charge is 0.383 e. The molecule has 0 aliphatic carbocycles. The van der Waals surface area contributed by atoms with E-state index in [1.807, 2.05) is 12.5 Å². The van der Waals surface area contributed by atoms with E-state index in [0.717, 1.165) is 32.7 Å². The van der Waals surface area contributed by atoms with Gasteiger partial charge in [-0.05, 0) is 24.5 Å². The summed E-state index contributed by atoms with van der Waals surface area (Å²) in [7, 11) is 1.72. The van der Waals surface area contributed by atoms with Crippen molar-refractivity contribution in [1.29, 1.82) is 0 Å². The Morgan fingerprint density at radius 3 is 2.95 bits per heavy atom. The lowest BCUT2D eigenvalue weighted by atomic mass is 10.1. The van der Waals surface area contributed by atoms with Gasteiger partial charge in [-0.25, -0.2) is 4.98 Å². The number of rotatable bonds is 8. The Hall–Kier alpha value is -1.65. The number of hydrogen-bond donors (Lipinski definition) is 1. The molecule has 1 heterocycles. The van der Waals surface area contributed by atoms with Gasteiger partial charge < -0.3 is 14.6 Å². The molecule has 0 aliphatic heterocycles. The highest BCUT2D eigenvalue weighted by atomic mass is 16.5. The molecule has 0 bridgehead atoms. The number of aromatic nitrogens is 2. The number of imidazole rings is 1. The van der Waals surface area contributed by atoms with Gasteiger partial charge in [-0.1, -0.05) is 24.3 Å². The third kappa shape index (κ3) is 4.18. The summed E-state index contributed by atoms with van der Waals surface area (Å²) in [5.41, 5.74) is 3.97. The summed E-state index contributed by atoms with van der Waals surface area (Å²) in [4.78, 5) is 4.25. The Morgan fingerprint density at radius 2 is 2.15 bits per heavy atom. The summed E-state index contributed by atoms with van der Waals surface area (Å²) in [6.45, 7) is 5.55. The van der Waals surface area contributed by atoms with Gasteiger partial charge >= 0.3 is 0 Å². The van der Waals surface area contributed by atoms with Crippen LogP contribution in [-0.4, -0.2) is 29.8 Å². The minimum Gasteiger partial charge on any atom is -0.383 e. The van der Waals surface area contributed by atoms with Crippen LogP contribution in [0, 0.1) is 6.92 Å². The van der Waals surface area contributed by atoms with Gasteiger partial charge in [0.1, 0.15) is 0 Å². The zero-order valence-corrected chi connectivity index (χ0v) is 12.3. The molecule has 4 nitrogen and oxygen atoms in total. The molecule has 0 atom stereocenters. The lowest BCUT2D eigenvalue weighted by Crippen LogP contribution is -2.20. The Balaban J connectivity index is 1.87. The molecule has 1 N–H and O–H groups in total. The smallest absolute Gasteiger partial charge is 0.0948 e. The molecule has 4 heteroatoms. The van der Waals surface area contributed by atoms with Gasteiger partial charge in [0.2, 0.25) is 0 Å². The van der Waals surface area contributed by atoms with E-state index in [2.05, 4.69) is 46.1 Å². The first-order chi connectivity index (χ1) is 9.81. The second-order valence-corrected chi connectivity index (χ2v) is 4.92. The van der Waals surface area contributed by atoms with Crippen LogP contribution in [0.3, 0.4) is 0 Å². The Bertz CT molecular complexity index is 522. The summed E-state index contributed by atoms with van der Waals surface area (Å²) < 4.78 is 7.24. The SMILES string of the molecule is COCCNCc1cncn1CCc1ccccc1C. The van der Waals surface area contributed by atoms with Crippen molar-refractivity contribution in [2.45, 2.75) is 26.4 Å². The molecule has 20 heavy (non-hydrogen) atoms. The van der Waals surface area contributed by atoms with E-state index in [0.29, 0.717) is 0 Å². The maximum absolute atomic E-state index is 5.03. The van der Waals surface area contributed by atoms with Crippen LogP contribution in [-0.2, 0) is 24.2 Å². The van der Waals surface area contributed by atoms with Crippen LogP contribution in [0.25, 0.3) is 0 Å². The standard InChI is InChI=1S/C16H23N3O/c1-14-5-3-4-6-15(14)7-9-19-13-18-12-16(19)11-17-8-10-20-2/h3-6,12-13,17H,7-11H2,1-2H3. The van der Waals surface area contributed by atoms with Crippen molar-refractivity contribution in [2.24, 2.45) is 0 Å². The minimum atomic E-state index is 0.733. The maximum Gasteiger partial charge on any atom is 0.0948 e. The van der Waals surface area contributed by atoms with E-state index in [1.165, 1.54) is 16.8 Å². The Labute approximate surface area is 120 Å². The number of methoxy groups -OCH3 is 1. The van der Waals surface area contributed by atoms with Crippen molar-refractivity contribution in [3.05, 3.63) is 53.6 Å². The van der Waals surface area contributed by atoms with E-state index < -0.39 is 0 Å². The fourth-order valence-electron chi connectivity index (χ4n) is 2.22. The highest BCUT2D eigenvalue weighted by Crippen LogP contribution is 2.09. The van der Waals surface area contributed by atoms with Crippen molar-refractivity contribution in [3.63, 3.8) is 0 Å². The predicted octanol–water partition coefficient (Wildman–Crippen LogP) is 2.17. The van der Waals surface area contributed by atoms with E-state index in [1.54, 1.807) is 7.11 Å². The van der Waals surface area contributed by atoms with Crippen molar-refractivity contribution < 1.29 is 4.74 Å². The third-order valence-corrected chi connectivity index (χ3v) is 3.47. The molecule has 1 aromatic heterocycles. The summed E-state index contributed by atoms with van der Waals surface area (Å²) in [6.07, 6.45) is 4.87. The first-order valence-electron chi connectivity index (χ1n) is 7.04. The van der Waals surface area contributed by atoms with Gasteiger partial charge in [-0.15, -0.1) is 0 Å². The number of nitrogens with zero attached hydrogens (tertiary/aromatic N) is 2. The second-order valence-electron chi connectivity index (χ2n) is 4.92. The van der Waals surface area contributed by atoms with E-state index >= 15 is 0 Å². The average molecular weight is 273 g/mol. The van der Waals surface area contributed by atoms with Crippen molar-refractivity contribution in [2.75, 3.05) is 20.3 Å². The van der Waals surface area contributed by atoms with Crippen LogP contribution in [0.5, 0.6) is 0 Å². The van der Waals surface area contributed by atoms with Crippen LogP contribution < -0.4 is 5.32 Å². The topological polar surface area (TPSA) is 39.1 Å². The zero-order chi connectivity index (χ0) is 14.2. The Kier molecular flexibility index (Phi) is 5.77. The highest BCUT2D eigenvalue weighted by molar-refractivity contribution is 5.25. The molecule has 2 aromatic rings. The van der Waals surface area contributed by atoms with Crippen LogP contribution in [0.15, 0.2) is 36.8 Å². The maximum atomic E-state index is 5.03. The fourth-order valence-corrected chi connectivity index (χ4v) is 2.22. The molecule has 2 rings (SSSR count). The molecule has 0 aliphatic rings. The minimum absolute atomic E-state index is 0.733. The number of nitrogens with one attached hydrogen (secondary N) is 1. The molecule has 0 unspecified atom stereocenters. The van der Waals surface area contributed by atoms with Gasteiger partial charge in [-0.2, -0.15) is 0 Å². The van der Waals surface area contributed by atoms with Crippen LogP contribution in [0.2, 0.25) is 0 Å². The zero-order valence-electron chi connectivity index (χ0n) is 12.3. The van der Waals surface area contributed by atoms with E-state index in [4.69, 9.17) is 4.74 Å². The summed E-state index contributed by atoms with van der Waals surface area (Å²) >= 11 is 0. The fraction of sp³-hybridized carbons (Fsp3) is 0.438. The molecule has 0 fully saturated rings. The lowest BCUT2D eigenvalue weighted by Gasteiger charge is -2.10. The molecule has 0 saturated carbocycles. The van der Waals surface area contributed by atoms with Gasteiger partial charge in [0, 0.05) is 32.9 Å². The molecule has 0 radical (unpaired) electrons. The van der Waals surface area contributed by atoms with Gasteiger partial charge in [0.25, 0.3) is 0 Å².